The molecule has 0 radical (unpaired) electrons. The third-order valence-corrected chi connectivity index (χ3v) is 7.49. The van der Waals surface area contributed by atoms with Gasteiger partial charge in [-0.05, 0) is 23.3 Å². The number of amides is 1. The van der Waals surface area contributed by atoms with Gasteiger partial charge in [0.15, 0.2) is 5.70 Å². The van der Waals surface area contributed by atoms with E-state index in [2.05, 4.69) is 11.6 Å². The van der Waals surface area contributed by atoms with Gasteiger partial charge in [-0.3, -0.25) is 9.08 Å². The molecule has 3 aromatic rings. The Bertz CT molecular complexity index is 1680. The van der Waals surface area contributed by atoms with Crippen LogP contribution in [0.1, 0.15) is 16.7 Å². The van der Waals surface area contributed by atoms with Crippen LogP contribution in [0.3, 0.4) is 0 Å². The SMILES string of the molecule is C=CCOC(=O)N1/C(=C2\N=C(c3ccccc3)OC2=O)[C@@H](OCc2ccccc2)[C@H](OCc2ccccc2)[C@@H]1COS(C)(=O)=O. The highest BCUT2D eigenvalue weighted by Crippen LogP contribution is 2.39. The molecule has 1 fully saturated rings. The summed E-state index contributed by atoms with van der Waals surface area (Å²) in [4.78, 5) is 32.8. The molecule has 3 atom stereocenters. The summed E-state index contributed by atoms with van der Waals surface area (Å²) in [6.07, 6.45) is -0.770. The quantitative estimate of drug-likeness (QED) is 0.124. The van der Waals surface area contributed by atoms with E-state index in [1.165, 1.54) is 6.08 Å². The van der Waals surface area contributed by atoms with E-state index >= 15 is 0 Å². The number of nitrogens with zero attached hydrogens (tertiary/aromatic N) is 2. The van der Waals surface area contributed by atoms with Gasteiger partial charge in [0.05, 0.1) is 37.8 Å². The second-order valence-electron chi connectivity index (χ2n) is 10.2. The summed E-state index contributed by atoms with van der Waals surface area (Å²) in [6.45, 7) is 3.06. The van der Waals surface area contributed by atoms with Crippen LogP contribution >= 0.6 is 0 Å². The first-order valence-electron chi connectivity index (χ1n) is 14.1. The fourth-order valence-electron chi connectivity index (χ4n) is 4.94. The lowest BCUT2D eigenvalue weighted by Crippen LogP contribution is -2.44. The third kappa shape index (κ3) is 7.91. The van der Waals surface area contributed by atoms with Crippen molar-refractivity contribution in [1.82, 2.24) is 4.90 Å². The molecule has 11 nitrogen and oxygen atoms in total. The highest BCUT2D eigenvalue weighted by molar-refractivity contribution is 7.85. The van der Waals surface area contributed by atoms with Crippen LogP contribution < -0.4 is 0 Å². The normalized spacial score (nSPS) is 21.4. The minimum Gasteiger partial charge on any atom is -0.445 e. The lowest BCUT2D eigenvalue weighted by molar-refractivity contribution is -0.130. The molecule has 12 heteroatoms. The maximum absolute atomic E-state index is 13.7. The molecule has 2 aliphatic heterocycles. The van der Waals surface area contributed by atoms with Crippen LogP contribution in [0.4, 0.5) is 4.79 Å². The molecule has 5 rings (SSSR count). The van der Waals surface area contributed by atoms with Crippen molar-refractivity contribution in [2.45, 2.75) is 31.5 Å². The summed E-state index contributed by atoms with van der Waals surface area (Å²) in [7, 11) is -3.96. The van der Waals surface area contributed by atoms with Crippen molar-refractivity contribution < 1.29 is 41.1 Å². The molecule has 0 N–H and O–H groups in total. The fourth-order valence-corrected chi connectivity index (χ4v) is 5.32. The van der Waals surface area contributed by atoms with Crippen molar-refractivity contribution in [3.05, 3.63) is 132 Å². The number of esters is 1. The average molecular weight is 633 g/mol. The summed E-state index contributed by atoms with van der Waals surface area (Å²) in [5, 5.41) is 0. The predicted molar refractivity (Wildman–Crippen MR) is 164 cm³/mol. The zero-order valence-electron chi connectivity index (χ0n) is 24.5. The van der Waals surface area contributed by atoms with Crippen molar-refractivity contribution in [2.24, 2.45) is 4.99 Å². The Morgan fingerprint density at radius 2 is 1.51 bits per heavy atom. The van der Waals surface area contributed by atoms with Crippen molar-refractivity contribution in [2.75, 3.05) is 19.5 Å². The minimum absolute atomic E-state index is 0.00362. The van der Waals surface area contributed by atoms with E-state index in [1.807, 2.05) is 66.7 Å². The summed E-state index contributed by atoms with van der Waals surface area (Å²) in [6, 6.07) is 26.2. The van der Waals surface area contributed by atoms with Crippen LogP contribution in [-0.2, 0) is 51.3 Å². The molecule has 2 heterocycles. The molecule has 3 aromatic carbocycles. The Hall–Kier alpha value is -4.62. The first-order chi connectivity index (χ1) is 21.7. The van der Waals surface area contributed by atoms with Gasteiger partial charge in [-0.1, -0.05) is 91.5 Å². The van der Waals surface area contributed by atoms with Crippen molar-refractivity contribution in [3.8, 4) is 0 Å². The molecule has 0 aliphatic carbocycles. The van der Waals surface area contributed by atoms with Crippen molar-refractivity contribution >= 4 is 28.1 Å². The molecule has 0 aromatic heterocycles. The van der Waals surface area contributed by atoms with Crippen molar-refractivity contribution in [1.29, 1.82) is 0 Å². The molecule has 0 spiro atoms. The highest BCUT2D eigenvalue weighted by Gasteiger charge is 2.54. The van der Waals surface area contributed by atoms with E-state index in [-0.39, 0.29) is 37.1 Å². The molecule has 0 bridgehead atoms. The Balaban J connectivity index is 1.65. The summed E-state index contributed by atoms with van der Waals surface area (Å²) in [5.41, 5.74) is 1.95. The first-order valence-corrected chi connectivity index (χ1v) is 15.9. The van der Waals surface area contributed by atoms with E-state index in [0.717, 1.165) is 22.3 Å². The first kappa shape index (κ1) is 31.8. The van der Waals surface area contributed by atoms with Crippen LogP contribution in [0.2, 0.25) is 0 Å². The number of cyclic esters (lactones) is 1. The number of benzene rings is 3. The summed E-state index contributed by atoms with van der Waals surface area (Å²) >= 11 is 0. The van der Waals surface area contributed by atoms with Crippen molar-refractivity contribution in [3.63, 3.8) is 0 Å². The van der Waals surface area contributed by atoms with Crippen LogP contribution in [0.15, 0.2) is 120 Å². The number of carbonyl (C=O) groups excluding carboxylic acids is 2. The second-order valence-corrected chi connectivity index (χ2v) is 11.8. The fraction of sp³-hybridized carbons (Fsp3) is 0.242. The van der Waals surface area contributed by atoms with E-state index < -0.39 is 47.0 Å². The number of hydrogen-bond donors (Lipinski definition) is 0. The Kier molecular flexibility index (Phi) is 10.2. The van der Waals surface area contributed by atoms with E-state index in [4.69, 9.17) is 23.1 Å². The maximum atomic E-state index is 13.7. The smallest absolute Gasteiger partial charge is 0.414 e. The standard InChI is InChI=1S/C33H32N2O9S/c1-3-19-40-33(37)35-26(22-43-45(2,38)39)29(41-20-23-13-7-4-8-14-23)30(42-21-24-15-9-5-10-16-24)28(35)27-32(36)44-31(34-27)25-17-11-6-12-18-25/h3-18,26,29-30H,1,19-22H2,2H3/b28-27-/t26-,29+,30+/m0/s1. The summed E-state index contributed by atoms with van der Waals surface area (Å²) in [5.74, 6) is -0.799. The second kappa shape index (κ2) is 14.4. The zero-order chi connectivity index (χ0) is 31.8. The molecular weight excluding hydrogens is 600 g/mol. The van der Waals surface area contributed by atoms with Gasteiger partial charge >= 0.3 is 12.1 Å². The van der Waals surface area contributed by atoms with E-state index in [1.54, 1.807) is 24.3 Å². The van der Waals surface area contributed by atoms with Gasteiger partial charge in [-0.2, -0.15) is 8.42 Å². The average Bonchev–Trinajstić information content (AvgIpc) is 3.58. The number of hydrogen-bond acceptors (Lipinski definition) is 10. The van der Waals surface area contributed by atoms with Gasteiger partial charge in [0.2, 0.25) is 5.90 Å². The van der Waals surface area contributed by atoms with Gasteiger partial charge < -0.3 is 18.9 Å². The Morgan fingerprint density at radius 1 is 0.933 bits per heavy atom. The Morgan fingerprint density at radius 3 is 2.09 bits per heavy atom. The van der Waals surface area contributed by atoms with Gasteiger partial charge in [0.1, 0.15) is 18.8 Å². The number of likely N-dealkylation sites (tertiary alicyclic amines) is 1. The molecule has 2 aliphatic rings. The third-order valence-electron chi connectivity index (χ3n) is 6.93. The van der Waals surface area contributed by atoms with Gasteiger partial charge in [-0.25, -0.2) is 14.6 Å². The number of aliphatic imine (C=N–C) groups is 1. The largest absolute Gasteiger partial charge is 0.445 e. The molecule has 0 unspecified atom stereocenters. The van der Waals surface area contributed by atoms with Gasteiger partial charge in [0.25, 0.3) is 10.1 Å². The predicted octanol–water partition coefficient (Wildman–Crippen LogP) is 4.36. The van der Waals surface area contributed by atoms with Crippen LogP contribution in [0.25, 0.3) is 0 Å². The summed E-state index contributed by atoms with van der Waals surface area (Å²) < 4.78 is 53.3. The molecule has 0 saturated carbocycles. The number of ether oxygens (including phenoxy) is 4. The van der Waals surface area contributed by atoms with Gasteiger partial charge in [0, 0.05) is 5.56 Å². The van der Waals surface area contributed by atoms with E-state index in [9.17, 15) is 18.0 Å². The number of rotatable bonds is 12. The van der Waals surface area contributed by atoms with E-state index in [0.29, 0.717) is 5.56 Å². The molecule has 45 heavy (non-hydrogen) atoms. The minimum atomic E-state index is -3.96. The monoisotopic (exact) mass is 632 g/mol. The van der Waals surface area contributed by atoms with Gasteiger partial charge in [-0.15, -0.1) is 0 Å². The molecule has 1 amide bonds. The maximum Gasteiger partial charge on any atom is 0.414 e. The lowest BCUT2D eigenvalue weighted by atomic mass is 10.1. The Labute approximate surface area is 261 Å². The topological polar surface area (TPSA) is 130 Å². The number of carbonyl (C=O) groups is 2. The van der Waals surface area contributed by atoms with Crippen LogP contribution in [0, 0.1) is 0 Å². The van der Waals surface area contributed by atoms with Crippen LogP contribution in [-0.4, -0.2) is 69.0 Å². The zero-order valence-corrected chi connectivity index (χ0v) is 25.3. The highest BCUT2D eigenvalue weighted by atomic mass is 32.2. The lowest BCUT2D eigenvalue weighted by Gasteiger charge is -2.27. The molecule has 234 valence electrons. The molecule has 1 saturated heterocycles. The molecular formula is C33H32N2O9S. The van der Waals surface area contributed by atoms with Crippen LogP contribution in [0.5, 0.6) is 0 Å².